The average Bonchev–Trinajstić information content (AvgIpc) is 2.52. The second-order valence-electron chi connectivity index (χ2n) is 6.99. The van der Waals surface area contributed by atoms with Crippen molar-refractivity contribution < 1.29 is 8.42 Å². The second-order valence-corrected chi connectivity index (χ2v) is 9.01. The maximum absolute atomic E-state index is 11.5. The van der Waals surface area contributed by atoms with Crippen molar-refractivity contribution >= 4 is 15.8 Å². The van der Waals surface area contributed by atoms with Gasteiger partial charge in [0.05, 0.1) is 11.4 Å². The van der Waals surface area contributed by atoms with Crippen LogP contribution in [0.1, 0.15) is 26.3 Å². The van der Waals surface area contributed by atoms with E-state index in [0.717, 1.165) is 31.0 Å². The van der Waals surface area contributed by atoms with Crippen molar-refractivity contribution in [3.05, 3.63) is 29.8 Å². The normalized spacial score (nSPS) is 13.2. The molecule has 0 atom stereocenters. The fraction of sp³-hybridized carbons (Fsp3) is 0.611. The number of sulfone groups is 1. The number of hydrogen-bond acceptors (Lipinski definition) is 4. The summed E-state index contributed by atoms with van der Waals surface area (Å²) in [7, 11) is 0.965. The highest BCUT2D eigenvalue weighted by molar-refractivity contribution is 7.90. The molecule has 2 N–H and O–H groups in total. The summed E-state index contributed by atoms with van der Waals surface area (Å²) in [5.74, 6) is 0.796. The lowest BCUT2D eigenvalue weighted by molar-refractivity contribution is 0.204. The molecule has 1 aromatic rings. The summed E-state index contributed by atoms with van der Waals surface area (Å²) in [5.41, 5.74) is 1.08. The highest BCUT2D eigenvalue weighted by Crippen LogP contribution is 2.11. The highest BCUT2D eigenvalue weighted by atomic mass is 32.2. The second kappa shape index (κ2) is 9.20. The van der Waals surface area contributed by atoms with E-state index < -0.39 is 9.84 Å². The van der Waals surface area contributed by atoms with Crippen molar-refractivity contribution in [3.8, 4) is 0 Å². The van der Waals surface area contributed by atoms with Gasteiger partial charge in [-0.25, -0.2) is 8.42 Å². The molecule has 6 nitrogen and oxygen atoms in total. The predicted molar refractivity (Wildman–Crippen MR) is 105 cm³/mol. The van der Waals surface area contributed by atoms with E-state index in [4.69, 9.17) is 0 Å². The first-order valence-electron chi connectivity index (χ1n) is 8.55. The number of nitrogens with zero attached hydrogens (tertiary/aromatic N) is 2. The molecule has 0 fully saturated rings. The van der Waals surface area contributed by atoms with Crippen LogP contribution in [0.2, 0.25) is 0 Å². The predicted octanol–water partition coefficient (Wildman–Crippen LogP) is 1.53. The smallest absolute Gasteiger partial charge is 0.191 e. The first-order chi connectivity index (χ1) is 11.6. The molecule has 142 valence electrons. The molecule has 0 aliphatic rings. The molecule has 0 aromatic heterocycles. The van der Waals surface area contributed by atoms with Gasteiger partial charge in [0, 0.05) is 24.9 Å². The molecular formula is C18H32N4O2S. The zero-order chi connectivity index (χ0) is 19.1. The number of hydrogen-bond donors (Lipinski definition) is 2. The first-order valence-corrected chi connectivity index (χ1v) is 10.4. The molecule has 0 amide bonds. The zero-order valence-corrected chi connectivity index (χ0v) is 17.1. The maximum Gasteiger partial charge on any atom is 0.191 e. The van der Waals surface area contributed by atoms with Crippen LogP contribution in [0.15, 0.2) is 34.2 Å². The van der Waals surface area contributed by atoms with Crippen LogP contribution in [-0.4, -0.2) is 64.8 Å². The van der Waals surface area contributed by atoms with E-state index in [9.17, 15) is 8.42 Å². The van der Waals surface area contributed by atoms with Gasteiger partial charge in [0.2, 0.25) is 0 Å². The average molecular weight is 369 g/mol. The van der Waals surface area contributed by atoms with Crippen LogP contribution in [0.5, 0.6) is 0 Å². The Labute approximate surface area is 152 Å². The number of likely N-dealkylation sites (N-methyl/N-ethyl adjacent to an activating group) is 1. The highest BCUT2D eigenvalue weighted by Gasteiger charge is 2.19. The molecule has 0 aliphatic heterocycles. The van der Waals surface area contributed by atoms with Gasteiger partial charge in [-0.1, -0.05) is 12.1 Å². The van der Waals surface area contributed by atoms with Gasteiger partial charge in [-0.05, 0) is 59.0 Å². The summed E-state index contributed by atoms with van der Waals surface area (Å²) < 4.78 is 23.0. The third-order valence-corrected chi connectivity index (χ3v) is 5.37. The Morgan fingerprint density at radius 3 is 2.24 bits per heavy atom. The third-order valence-electron chi connectivity index (χ3n) is 4.24. The Morgan fingerprint density at radius 1 is 1.16 bits per heavy atom. The molecule has 0 saturated carbocycles. The molecule has 1 rings (SSSR count). The molecule has 0 radical (unpaired) electrons. The van der Waals surface area contributed by atoms with Gasteiger partial charge < -0.3 is 15.5 Å². The van der Waals surface area contributed by atoms with E-state index in [0.29, 0.717) is 11.4 Å². The molecule has 0 aliphatic carbocycles. The SMILES string of the molecule is CCNC(=NCC(C)(C)N(C)C)NCCc1ccc(S(C)(=O)=O)cc1. The largest absolute Gasteiger partial charge is 0.357 e. The number of aliphatic imine (C=N–C) groups is 1. The minimum Gasteiger partial charge on any atom is -0.357 e. The van der Waals surface area contributed by atoms with E-state index in [1.54, 1.807) is 12.1 Å². The molecule has 0 unspecified atom stereocenters. The zero-order valence-electron chi connectivity index (χ0n) is 16.3. The standard InChI is InChI=1S/C18H32N4O2S/c1-7-19-17(21-14-18(2,3)22(4)5)20-13-12-15-8-10-16(11-9-15)25(6,23)24/h8-11H,7,12-14H2,1-6H3,(H2,19,20,21). The topological polar surface area (TPSA) is 73.8 Å². The Balaban J connectivity index is 2.61. The van der Waals surface area contributed by atoms with Crippen LogP contribution < -0.4 is 10.6 Å². The van der Waals surface area contributed by atoms with Crippen molar-refractivity contribution in [1.29, 1.82) is 0 Å². The molecule has 0 spiro atoms. The summed E-state index contributed by atoms with van der Waals surface area (Å²) in [6, 6.07) is 7.03. The first kappa shape index (κ1) is 21.4. The summed E-state index contributed by atoms with van der Waals surface area (Å²) in [6.45, 7) is 8.58. The Bertz CT molecular complexity index is 665. The van der Waals surface area contributed by atoms with Crippen molar-refractivity contribution in [2.45, 2.75) is 37.6 Å². The van der Waals surface area contributed by atoms with Crippen molar-refractivity contribution in [2.75, 3.05) is 40.0 Å². The quantitative estimate of drug-likeness (QED) is 0.538. The van der Waals surface area contributed by atoms with Crippen LogP contribution >= 0.6 is 0 Å². The van der Waals surface area contributed by atoms with Gasteiger partial charge in [0.25, 0.3) is 0 Å². The van der Waals surface area contributed by atoms with Crippen LogP contribution in [0.4, 0.5) is 0 Å². The minimum absolute atomic E-state index is 0.0101. The molecule has 0 saturated heterocycles. The monoisotopic (exact) mass is 368 g/mol. The fourth-order valence-corrected chi connectivity index (χ4v) is 2.61. The van der Waals surface area contributed by atoms with Gasteiger partial charge in [0.1, 0.15) is 0 Å². The third kappa shape index (κ3) is 7.44. The van der Waals surface area contributed by atoms with Crippen molar-refractivity contribution in [2.24, 2.45) is 4.99 Å². The van der Waals surface area contributed by atoms with E-state index in [1.165, 1.54) is 6.26 Å². The number of benzene rings is 1. The molecule has 0 heterocycles. The van der Waals surface area contributed by atoms with Crippen LogP contribution in [0, 0.1) is 0 Å². The van der Waals surface area contributed by atoms with E-state index in [-0.39, 0.29) is 5.54 Å². The Morgan fingerprint density at radius 2 is 1.76 bits per heavy atom. The van der Waals surface area contributed by atoms with Crippen LogP contribution in [0.3, 0.4) is 0 Å². The van der Waals surface area contributed by atoms with E-state index in [2.05, 4.69) is 48.5 Å². The van der Waals surface area contributed by atoms with Gasteiger partial charge in [-0.15, -0.1) is 0 Å². The summed E-state index contributed by atoms with van der Waals surface area (Å²) >= 11 is 0. The molecular weight excluding hydrogens is 336 g/mol. The van der Waals surface area contributed by atoms with E-state index >= 15 is 0 Å². The Kier molecular flexibility index (Phi) is 7.89. The lowest BCUT2D eigenvalue weighted by Gasteiger charge is -2.31. The minimum atomic E-state index is -3.14. The molecule has 25 heavy (non-hydrogen) atoms. The summed E-state index contributed by atoms with van der Waals surface area (Å²) in [5, 5.41) is 6.58. The lowest BCUT2D eigenvalue weighted by Crippen LogP contribution is -2.44. The van der Waals surface area contributed by atoms with Gasteiger partial charge in [0.15, 0.2) is 15.8 Å². The fourth-order valence-electron chi connectivity index (χ4n) is 1.98. The van der Waals surface area contributed by atoms with E-state index in [1.807, 2.05) is 19.1 Å². The summed E-state index contributed by atoms with van der Waals surface area (Å²) in [6.07, 6.45) is 2.02. The Hall–Kier alpha value is -1.60. The molecule has 1 aromatic carbocycles. The molecule has 7 heteroatoms. The van der Waals surface area contributed by atoms with Gasteiger partial charge >= 0.3 is 0 Å². The van der Waals surface area contributed by atoms with Gasteiger partial charge in [-0.2, -0.15) is 0 Å². The molecule has 0 bridgehead atoms. The number of rotatable bonds is 8. The lowest BCUT2D eigenvalue weighted by atomic mass is 10.1. The van der Waals surface area contributed by atoms with Crippen LogP contribution in [0.25, 0.3) is 0 Å². The van der Waals surface area contributed by atoms with Crippen LogP contribution in [-0.2, 0) is 16.3 Å². The maximum atomic E-state index is 11.5. The van der Waals surface area contributed by atoms with Crippen molar-refractivity contribution in [3.63, 3.8) is 0 Å². The van der Waals surface area contributed by atoms with Crippen molar-refractivity contribution in [1.82, 2.24) is 15.5 Å². The van der Waals surface area contributed by atoms with Gasteiger partial charge in [-0.3, -0.25) is 4.99 Å². The summed E-state index contributed by atoms with van der Waals surface area (Å²) in [4.78, 5) is 7.17. The number of guanidine groups is 1. The number of nitrogens with one attached hydrogen (secondary N) is 2.